The first-order valence-electron chi connectivity index (χ1n) is 5.50. The van der Waals surface area contributed by atoms with E-state index in [-0.39, 0.29) is 0 Å². The summed E-state index contributed by atoms with van der Waals surface area (Å²) in [5, 5.41) is 3.57. The van der Waals surface area contributed by atoms with Crippen LogP contribution >= 0.6 is 0 Å². The van der Waals surface area contributed by atoms with Crippen molar-refractivity contribution in [1.29, 1.82) is 0 Å². The Morgan fingerprint density at radius 3 is 2.69 bits per heavy atom. The van der Waals surface area contributed by atoms with Gasteiger partial charge in [-0.15, -0.1) is 0 Å². The average molecular weight is 183 g/mol. The topological polar surface area (TPSA) is 21.3 Å². The van der Waals surface area contributed by atoms with Crippen LogP contribution in [0.2, 0.25) is 0 Å². The van der Waals surface area contributed by atoms with Gasteiger partial charge in [-0.3, -0.25) is 0 Å². The fourth-order valence-electron chi connectivity index (χ4n) is 2.75. The third-order valence-corrected chi connectivity index (χ3v) is 3.52. The summed E-state index contributed by atoms with van der Waals surface area (Å²) in [6.07, 6.45) is 3.96. The van der Waals surface area contributed by atoms with E-state index >= 15 is 0 Å². The smallest absolute Gasteiger partial charge is 0.0497 e. The number of ether oxygens (including phenoxy) is 1. The molecule has 2 heteroatoms. The number of piperidine rings is 1. The maximum absolute atomic E-state index is 5.46. The minimum atomic E-state index is 0.353. The average Bonchev–Trinajstić information content (AvgIpc) is 2.53. The van der Waals surface area contributed by atoms with Gasteiger partial charge in [-0.25, -0.2) is 0 Å². The Balaban J connectivity index is 1.91. The molecule has 0 spiro atoms. The van der Waals surface area contributed by atoms with Gasteiger partial charge >= 0.3 is 0 Å². The molecule has 1 N–H and O–H groups in total. The standard InChI is InChI=1S/C11H21NO/c1-11(2)7-9(3-5-12-11)10-4-6-13-8-10/h9-10,12H,3-8H2,1-2H3. The summed E-state index contributed by atoms with van der Waals surface area (Å²) in [5.74, 6) is 1.75. The van der Waals surface area contributed by atoms with E-state index < -0.39 is 0 Å². The van der Waals surface area contributed by atoms with Gasteiger partial charge in [0.2, 0.25) is 0 Å². The molecule has 2 fully saturated rings. The van der Waals surface area contributed by atoms with Gasteiger partial charge in [0.25, 0.3) is 0 Å². The quantitative estimate of drug-likeness (QED) is 0.669. The van der Waals surface area contributed by atoms with E-state index in [1.807, 2.05) is 0 Å². The Hall–Kier alpha value is -0.0800. The van der Waals surface area contributed by atoms with E-state index in [1.54, 1.807) is 0 Å². The summed E-state index contributed by atoms with van der Waals surface area (Å²) in [5.41, 5.74) is 0.353. The van der Waals surface area contributed by atoms with Crippen molar-refractivity contribution in [2.24, 2.45) is 11.8 Å². The lowest BCUT2D eigenvalue weighted by Crippen LogP contribution is -2.47. The van der Waals surface area contributed by atoms with Gasteiger partial charge in [0.1, 0.15) is 0 Å². The van der Waals surface area contributed by atoms with E-state index in [0.29, 0.717) is 5.54 Å². The zero-order chi connectivity index (χ0) is 9.31. The van der Waals surface area contributed by atoms with Crippen molar-refractivity contribution in [2.75, 3.05) is 19.8 Å². The van der Waals surface area contributed by atoms with Crippen LogP contribution in [0.25, 0.3) is 0 Å². The molecule has 2 nitrogen and oxygen atoms in total. The summed E-state index contributed by atoms with van der Waals surface area (Å²) in [4.78, 5) is 0. The highest BCUT2D eigenvalue weighted by Gasteiger charge is 2.33. The van der Waals surface area contributed by atoms with Crippen molar-refractivity contribution >= 4 is 0 Å². The molecule has 2 atom stereocenters. The molecule has 13 heavy (non-hydrogen) atoms. The lowest BCUT2D eigenvalue weighted by Gasteiger charge is -2.38. The summed E-state index contributed by atoms with van der Waals surface area (Å²) in [6, 6.07) is 0. The van der Waals surface area contributed by atoms with Crippen LogP contribution in [0.4, 0.5) is 0 Å². The van der Waals surface area contributed by atoms with Gasteiger partial charge in [-0.2, -0.15) is 0 Å². The molecule has 2 aliphatic rings. The first-order valence-corrected chi connectivity index (χ1v) is 5.50. The Kier molecular flexibility index (Phi) is 2.61. The Morgan fingerprint density at radius 1 is 1.23 bits per heavy atom. The van der Waals surface area contributed by atoms with Crippen molar-refractivity contribution in [3.8, 4) is 0 Å². The van der Waals surface area contributed by atoms with Crippen LogP contribution in [0.3, 0.4) is 0 Å². The molecule has 0 saturated carbocycles. The third-order valence-electron chi connectivity index (χ3n) is 3.52. The van der Waals surface area contributed by atoms with Crippen molar-refractivity contribution in [3.05, 3.63) is 0 Å². The molecular weight excluding hydrogens is 162 g/mol. The van der Waals surface area contributed by atoms with Gasteiger partial charge in [0.15, 0.2) is 0 Å². The summed E-state index contributed by atoms with van der Waals surface area (Å²) in [6.45, 7) is 7.83. The normalized spacial score (nSPS) is 39.2. The number of hydrogen-bond acceptors (Lipinski definition) is 2. The van der Waals surface area contributed by atoms with Crippen LogP contribution in [0, 0.1) is 11.8 Å². The second-order valence-corrected chi connectivity index (χ2v) is 5.19. The Bertz CT molecular complexity index is 173. The third kappa shape index (κ3) is 2.23. The summed E-state index contributed by atoms with van der Waals surface area (Å²) < 4.78 is 5.46. The minimum Gasteiger partial charge on any atom is -0.381 e. The molecule has 2 unspecified atom stereocenters. The monoisotopic (exact) mass is 183 g/mol. The molecule has 0 amide bonds. The number of hydrogen-bond donors (Lipinski definition) is 1. The molecular formula is C11H21NO. The number of rotatable bonds is 1. The van der Waals surface area contributed by atoms with Crippen LogP contribution in [0.5, 0.6) is 0 Å². The largest absolute Gasteiger partial charge is 0.381 e. The fraction of sp³-hybridized carbons (Fsp3) is 1.00. The molecule has 2 aliphatic heterocycles. The van der Waals surface area contributed by atoms with E-state index in [2.05, 4.69) is 19.2 Å². The molecule has 2 rings (SSSR count). The van der Waals surface area contributed by atoms with Crippen LogP contribution in [0.15, 0.2) is 0 Å². The molecule has 0 aromatic carbocycles. The van der Waals surface area contributed by atoms with Crippen LogP contribution in [0.1, 0.15) is 33.1 Å². The minimum absolute atomic E-state index is 0.353. The molecule has 76 valence electrons. The van der Waals surface area contributed by atoms with Gasteiger partial charge in [0, 0.05) is 18.8 Å². The van der Waals surface area contributed by atoms with Gasteiger partial charge in [0.05, 0.1) is 0 Å². The lowest BCUT2D eigenvalue weighted by atomic mass is 9.77. The molecule has 0 aliphatic carbocycles. The van der Waals surface area contributed by atoms with Gasteiger partial charge in [-0.1, -0.05) is 0 Å². The highest BCUT2D eigenvalue weighted by Crippen LogP contribution is 2.33. The van der Waals surface area contributed by atoms with E-state index in [9.17, 15) is 0 Å². The maximum atomic E-state index is 5.46. The zero-order valence-electron chi connectivity index (χ0n) is 8.81. The summed E-state index contributed by atoms with van der Waals surface area (Å²) in [7, 11) is 0. The predicted molar refractivity (Wildman–Crippen MR) is 53.7 cm³/mol. The van der Waals surface area contributed by atoms with Gasteiger partial charge in [-0.05, 0) is 51.5 Å². The number of nitrogens with one attached hydrogen (secondary N) is 1. The first-order chi connectivity index (χ1) is 6.17. The molecule has 0 radical (unpaired) electrons. The highest BCUT2D eigenvalue weighted by atomic mass is 16.5. The molecule has 0 bridgehead atoms. The van der Waals surface area contributed by atoms with Crippen LogP contribution < -0.4 is 5.32 Å². The van der Waals surface area contributed by atoms with Crippen molar-refractivity contribution in [3.63, 3.8) is 0 Å². The van der Waals surface area contributed by atoms with E-state index in [4.69, 9.17) is 4.74 Å². The highest BCUT2D eigenvalue weighted by molar-refractivity contribution is 4.89. The fourth-order valence-corrected chi connectivity index (χ4v) is 2.75. The zero-order valence-corrected chi connectivity index (χ0v) is 8.81. The SMILES string of the molecule is CC1(C)CC(C2CCOC2)CCN1. The van der Waals surface area contributed by atoms with Gasteiger partial charge < -0.3 is 10.1 Å². The Labute approximate surface area is 81.0 Å². The van der Waals surface area contributed by atoms with Crippen LogP contribution in [-0.4, -0.2) is 25.3 Å². The molecule has 0 aromatic heterocycles. The van der Waals surface area contributed by atoms with Crippen molar-refractivity contribution < 1.29 is 4.74 Å². The second-order valence-electron chi connectivity index (χ2n) is 5.19. The van der Waals surface area contributed by atoms with E-state index in [0.717, 1.165) is 25.0 Å². The molecule has 2 heterocycles. The maximum Gasteiger partial charge on any atom is 0.0497 e. The summed E-state index contributed by atoms with van der Waals surface area (Å²) >= 11 is 0. The van der Waals surface area contributed by atoms with Crippen LogP contribution in [-0.2, 0) is 4.74 Å². The second kappa shape index (κ2) is 3.58. The lowest BCUT2D eigenvalue weighted by molar-refractivity contribution is 0.137. The molecule has 2 saturated heterocycles. The van der Waals surface area contributed by atoms with E-state index in [1.165, 1.54) is 25.8 Å². The first kappa shape index (κ1) is 9.47. The Morgan fingerprint density at radius 2 is 2.08 bits per heavy atom. The molecule has 0 aromatic rings. The van der Waals surface area contributed by atoms with Crippen molar-refractivity contribution in [2.45, 2.75) is 38.6 Å². The predicted octanol–water partition coefficient (Wildman–Crippen LogP) is 1.80. The van der Waals surface area contributed by atoms with Crippen molar-refractivity contribution in [1.82, 2.24) is 5.32 Å².